The van der Waals surface area contributed by atoms with Crippen LogP contribution in [0.3, 0.4) is 0 Å². The summed E-state index contributed by atoms with van der Waals surface area (Å²) in [4.78, 5) is 21.7. The molecule has 21 heavy (non-hydrogen) atoms. The maximum absolute atomic E-state index is 10.8. The molecule has 0 spiro atoms. The summed E-state index contributed by atoms with van der Waals surface area (Å²) in [5, 5.41) is 16.3. The quantitative estimate of drug-likeness (QED) is 0.884. The molecule has 3 rings (SSSR count). The zero-order chi connectivity index (χ0) is 15.0. The van der Waals surface area contributed by atoms with Gasteiger partial charge in [0.15, 0.2) is 5.69 Å². The summed E-state index contributed by atoms with van der Waals surface area (Å²) >= 11 is 0. The van der Waals surface area contributed by atoms with Crippen LogP contribution in [-0.2, 0) is 6.42 Å². The van der Waals surface area contributed by atoms with Gasteiger partial charge in [0.05, 0.1) is 12.2 Å². The molecule has 0 aromatic carbocycles. The van der Waals surface area contributed by atoms with Gasteiger partial charge < -0.3 is 10.0 Å². The second-order valence-corrected chi connectivity index (χ2v) is 5.07. The van der Waals surface area contributed by atoms with Crippen molar-refractivity contribution in [1.29, 1.82) is 0 Å². The Morgan fingerprint density at radius 3 is 2.81 bits per heavy atom. The Hall–Kier alpha value is -2.51. The highest BCUT2D eigenvalue weighted by Gasteiger charge is 2.31. The lowest BCUT2D eigenvalue weighted by atomic mass is 10.1. The highest BCUT2D eigenvalue weighted by atomic mass is 16.4. The molecule has 8 heteroatoms. The second kappa shape index (κ2) is 5.12. The van der Waals surface area contributed by atoms with Crippen LogP contribution >= 0.6 is 0 Å². The molecule has 2 aromatic heterocycles. The van der Waals surface area contributed by atoms with Crippen molar-refractivity contribution >= 4 is 11.8 Å². The molecule has 0 atom stereocenters. The molecule has 0 radical (unpaired) electrons. The van der Waals surface area contributed by atoms with Crippen LogP contribution in [0.5, 0.6) is 0 Å². The molecule has 1 aliphatic heterocycles. The van der Waals surface area contributed by atoms with Crippen LogP contribution in [0.4, 0.5) is 5.82 Å². The molecule has 2 aromatic rings. The van der Waals surface area contributed by atoms with Gasteiger partial charge in [0.1, 0.15) is 11.6 Å². The fourth-order valence-corrected chi connectivity index (χ4v) is 2.32. The summed E-state index contributed by atoms with van der Waals surface area (Å²) in [6.45, 7) is 5.42. The maximum Gasteiger partial charge on any atom is 0.358 e. The second-order valence-electron chi connectivity index (χ2n) is 5.07. The zero-order valence-corrected chi connectivity index (χ0v) is 11.9. The lowest BCUT2D eigenvalue weighted by Gasteiger charge is -2.39. The Bertz CT molecular complexity index is 677. The van der Waals surface area contributed by atoms with Crippen molar-refractivity contribution in [2.24, 2.45) is 0 Å². The molecule has 0 saturated carbocycles. The third-order valence-corrected chi connectivity index (χ3v) is 3.53. The van der Waals surface area contributed by atoms with Crippen LogP contribution in [0.15, 0.2) is 12.3 Å². The van der Waals surface area contributed by atoms with E-state index >= 15 is 0 Å². The average Bonchev–Trinajstić information content (AvgIpc) is 2.86. The molecular weight excluding hydrogens is 272 g/mol. The first-order valence-corrected chi connectivity index (χ1v) is 6.81. The first-order chi connectivity index (χ1) is 10.1. The number of aromatic carboxylic acids is 1. The average molecular weight is 288 g/mol. The van der Waals surface area contributed by atoms with Gasteiger partial charge in [0.25, 0.3) is 0 Å². The van der Waals surface area contributed by atoms with E-state index < -0.39 is 5.97 Å². The van der Waals surface area contributed by atoms with Crippen LogP contribution in [0, 0.1) is 6.92 Å². The van der Waals surface area contributed by atoms with Crippen LogP contribution in [0.25, 0.3) is 0 Å². The van der Waals surface area contributed by atoms with Gasteiger partial charge in [-0.25, -0.2) is 19.4 Å². The van der Waals surface area contributed by atoms with Gasteiger partial charge in [-0.3, -0.25) is 0 Å². The Labute approximate surface area is 121 Å². The van der Waals surface area contributed by atoms with Crippen LogP contribution in [0.2, 0.25) is 0 Å². The van der Waals surface area contributed by atoms with Crippen molar-refractivity contribution in [1.82, 2.24) is 25.0 Å². The van der Waals surface area contributed by atoms with Crippen molar-refractivity contribution in [3.8, 4) is 0 Å². The molecule has 8 nitrogen and oxygen atoms in total. The van der Waals surface area contributed by atoms with E-state index in [9.17, 15) is 4.79 Å². The fourth-order valence-electron chi connectivity index (χ4n) is 2.32. The maximum atomic E-state index is 10.8. The van der Waals surface area contributed by atoms with Crippen LogP contribution in [-0.4, -0.2) is 49.1 Å². The number of rotatable bonds is 4. The first-order valence-electron chi connectivity index (χ1n) is 6.81. The van der Waals surface area contributed by atoms with Gasteiger partial charge in [-0.15, -0.1) is 5.10 Å². The molecule has 1 fully saturated rings. The smallest absolute Gasteiger partial charge is 0.358 e. The summed E-state index contributed by atoms with van der Waals surface area (Å²) in [5.74, 6) is 0.618. The van der Waals surface area contributed by atoms with Crippen molar-refractivity contribution in [2.45, 2.75) is 26.3 Å². The van der Waals surface area contributed by atoms with E-state index in [1.165, 1.54) is 6.20 Å². The van der Waals surface area contributed by atoms with Gasteiger partial charge in [0.2, 0.25) is 0 Å². The van der Waals surface area contributed by atoms with Crippen molar-refractivity contribution < 1.29 is 9.90 Å². The largest absolute Gasteiger partial charge is 0.476 e. The molecule has 1 aliphatic rings. The highest BCUT2D eigenvalue weighted by Crippen LogP contribution is 2.26. The lowest BCUT2D eigenvalue weighted by Crippen LogP contribution is -2.48. The summed E-state index contributed by atoms with van der Waals surface area (Å²) < 4.78 is 1.61. The molecule has 0 bridgehead atoms. The Balaban J connectivity index is 1.70. The van der Waals surface area contributed by atoms with Crippen LogP contribution in [0.1, 0.15) is 35.0 Å². The zero-order valence-electron chi connectivity index (χ0n) is 11.9. The number of anilines is 1. The summed E-state index contributed by atoms with van der Waals surface area (Å²) in [5.41, 5.74) is 0.995. The van der Waals surface area contributed by atoms with Gasteiger partial charge in [-0.1, -0.05) is 12.1 Å². The standard InChI is InChI=1S/C13H16N6O2/c1-3-9-4-12(15-8(2)14-9)18-5-10(6-18)19-7-11(13(20)21)16-17-19/h4,7,10H,3,5-6H2,1-2H3,(H,20,21). The molecule has 3 heterocycles. The highest BCUT2D eigenvalue weighted by molar-refractivity contribution is 5.84. The van der Waals surface area contributed by atoms with Gasteiger partial charge in [0, 0.05) is 24.8 Å². The number of carboxylic acids is 1. The molecule has 1 N–H and O–H groups in total. The van der Waals surface area contributed by atoms with E-state index in [2.05, 4.69) is 32.1 Å². The SMILES string of the molecule is CCc1cc(N2CC(n3cc(C(=O)O)nn3)C2)nc(C)n1. The van der Waals surface area contributed by atoms with Crippen molar-refractivity contribution in [2.75, 3.05) is 18.0 Å². The fraction of sp³-hybridized carbons (Fsp3) is 0.462. The Morgan fingerprint density at radius 1 is 1.43 bits per heavy atom. The predicted octanol–water partition coefficient (Wildman–Crippen LogP) is 0.698. The normalized spacial score (nSPS) is 15.0. The number of aryl methyl sites for hydroxylation is 2. The molecule has 1 saturated heterocycles. The lowest BCUT2D eigenvalue weighted by molar-refractivity contribution is 0.0690. The van der Waals surface area contributed by atoms with Gasteiger partial charge >= 0.3 is 5.97 Å². The van der Waals surface area contributed by atoms with E-state index in [1.807, 2.05) is 13.0 Å². The summed E-state index contributed by atoms with van der Waals surface area (Å²) in [6.07, 6.45) is 2.34. The predicted molar refractivity (Wildman–Crippen MR) is 74.4 cm³/mol. The minimum Gasteiger partial charge on any atom is -0.476 e. The number of carbonyl (C=O) groups is 1. The molecule has 110 valence electrons. The number of carboxylic acid groups (broad SMARTS) is 1. The van der Waals surface area contributed by atoms with Crippen molar-refractivity contribution in [3.05, 3.63) is 29.5 Å². The summed E-state index contributed by atoms with van der Waals surface area (Å²) in [6, 6.07) is 2.12. The Kier molecular flexibility index (Phi) is 3.28. The molecule has 0 amide bonds. The van der Waals surface area contributed by atoms with E-state index in [1.54, 1.807) is 4.68 Å². The van der Waals surface area contributed by atoms with E-state index in [4.69, 9.17) is 5.11 Å². The number of nitrogens with zero attached hydrogens (tertiary/aromatic N) is 6. The van der Waals surface area contributed by atoms with Crippen molar-refractivity contribution in [3.63, 3.8) is 0 Å². The number of hydrogen-bond acceptors (Lipinski definition) is 6. The van der Waals surface area contributed by atoms with Gasteiger partial charge in [-0.05, 0) is 13.3 Å². The monoisotopic (exact) mass is 288 g/mol. The topological polar surface area (TPSA) is 97.0 Å². The van der Waals surface area contributed by atoms with Gasteiger partial charge in [-0.2, -0.15) is 0 Å². The Morgan fingerprint density at radius 2 is 2.19 bits per heavy atom. The third kappa shape index (κ3) is 2.56. The van der Waals surface area contributed by atoms with E-state index in [-0.39, 0.29) is 11.7 Å². The molecule has 0 unspecified atom stereocenters. The minimum atomic E-state index is -1.06. The van der Waals surface area contributed by atoms with E-state index in [0.717, 1.165) is 36.8 Å². The van der Waals surface area contributed by atoms with E-state index in [0.29, 0.717) is 0 Å². The summed E-state index contributed by atoms with van der Waals surface area (Å²) in [7, 11) is 0. The number of hydrogen-bond donors (Lipinski definition) is 1. The minimum absolute atomic E-state index is 0.0281. The third-order valence-electron chi connectivity index (χ3n) is 3.53. The molecular formula is C13H16N6O2. The first kappa shape index (κ1) is 13.5. The molecule has 0 aliphatic carbocycles. The van der Waals surface area contributed by atoms with Crippen LogP contribution < -0.4 is 4.90 Å². The number of aromatic nitrogens is 5.